The Balaban J connectivity index is 1.75. The number of rotatable bonds is 15. The predicted octanol–water partition coefficient (Wildman–Crippen LogP) is 5.51. The van der Waals surface area contributed by atoms with Crippen LogP contribution in [-0.2, 0) is 15.9 Å². The molecular formula is C34H50N6O2. The van der Waals surface area contributed by atoms with Gasteiger partial charge in [-0.15, -0.1) is 0 Å². The fourth-order valence-corrected chi connectivity index (χ4v) is 4.93. The number of morpholine rings is 1. The molecule has 2 aromatic carbocycles. The van der Waals surface area contributed by atoms with Gasteiger partial charge in [-0.25, -0.2) is 5.84 Å². The van der Waals surface area contributed by atoms with Crippen molar-refractivity contribution in [3.8, 4) is 0 Å². The van der Waals surface area contributed by atoms with Crippen LogP contribution in [0.5, 0.6) is 0 Å². The van der Waals surface area contributed by atoms with Gasteiger partial charge >= 0.3 is 0 Å². The van der Waals surface area contributed by atoms with Crippen LogP contribution in [0.25, 0.3) is 10.8 Å². The number of aliphatic imine (C=N–C) groups is 2. The van der Waals surface area contributed by atoms with E-state index in [1.807, 2.05) is 18.4 Å². The topological polar surface area (TPSA) is 87.7 Å². The number of benzene rings is 2. The van der Waals surface area contributed by atoms with Crippen LogP contribution in [-0.4, -0.2) is 77.6 Å². The molecule has 0 spiro atoms. The average Bonchev–Trinajstić information content (AvgIpc) is 2.99. The van der Waals surface area contributed by atoms with E-state index in [9.17, 15) is 0 Å². The Kier molecular flexibility index (Phi) is 13.6. The summed E-state index contributed by atoms with van der Waals surface area (Å²) in [5.74, 6) is 6.80. The minimum Gasteiger partial charge on any atom is -0.379 e. The number of methoxy groups -OCH3 is 1. The molecule has 0 bridgehead atoms. The zero-order valence-electron chi connectivity index (χ0n) is 26.2. The van der Waals surface area contributed by atoms with E-state index in [1.165, 1.54) is 5.57 Å². The molecule has 1 aliphatic rings. The first-order valence-corrected chi connectivity index (χ1v) is 14.9. The number of ether oxygens (including phenoxy) is 2. The molecule has 42 heavy (non-hydrogen) atoms. The second-order valence-electron chi connectivity index (χ2n) is 11.5. The van der Waals surface area contributed by atoms with E-state index >= 15 is 0 Å². The normalized spacial score (nSPS) is 16.0. The summed E-state index contributed by atoms with van der Waals surface area (Å²) in [6.07, 6.45) is 9.75. The molecule has 0 aromatic heterocycles. The summed E-state index contributed by atoms with van der Waals surface area (Å²) in [4.78, 5) is 11.2. The summed E-state index contributed by atoms with van der Waals surface area (Å²) in [6, 6.07) is 12.5. The highest BCUT2D eigenvalue weighted by atomic mass is 16.5. The molecule has 0 saturated carbocycles. The van der Waals surface area contributed by atoms with Gasteiger partial charge in [0.2, 0.25) is 0 Å². The first kappa shape index (κ1) is 33.4. The van der Waals surface area contributed by atoms with Crippen molar-refractivity contribution < 1.29 is 9.47 Å². The second-order valence-corrected chi connectivity index (χ2v) is 11.5. The quantitative estimate of drug-likeness (QED) is 0.0959. The maximum atomic E-state index is 6.80. The lowest BCUT2D eigenvalue weighted by molar-refractivity contribution is 0.0385. The molecule has 1 aliphatic heterocycles. The lowest BCUT2D eigenvalue weighted by Gasteiger charge is -2.27. The molecule has 1 saturated heterocycles. The first-order chi connectivity index (χ1) is 20.3. The van der Waals surface area contributed by atoms with E-state index in [2.05, 4.69) is 97.1 Å². The molecule has 0 aliphatic carbocycles. The van der Waals surface area contributed by atoms with Gasteiger partial charge in [0.15, 0.2) is 0 Å². The van der Waals surface area contributed by atoms with E-state index in [-0.39, 0.29) is 5.41 Å². The van der Waals surface area contributed by atoms with Crippen molar-refractivity contribution in [2.75, 3.05) is 64.8 Å². The summed E-state index contributed by atoms with van der Waals surface area (Å²) in [6.45, 7) is 19.1. The lowest BCUT2D eigenvalue weighted by Crippen LogP contribution is -2.40. The zero-order valence-corrected chi connectivity index (χ0v) is 26.2. The van der Waals surface area contributed by atoms with Crippen LogP contribution in [0.3, 0.4) is 0 Å². The number of anilines is 1. The number of hydrogen-bond acceptors (Lipinski definition) is 8. The molecule has 0 atom stereocenters. The average molecular weight is 575 g/mol. The molecule has 228 valence electrons. The van der Waals surface area contributed by atoms with Crippen molar-refractivity contribution in [2.45, 2.75) is 40.5 Å². The fraction of sp³-hybridized carbons (Fsp3) is 0.471. The van der Waals surface area contributed by atoms with Gasteiger partial charge in [0.1, 0.15) is 0 Å². The SMILES string of the molecule is C=N/C(=C\C=N/CNCCN1CCOCC1)Cc1ccc(N(N)/C(=C/C(=C\CC)C(C)(C)C)COC)c2ccccc12. The van der Waals surface area contributed by atoms with Crippen LogP contribution in [0, 0.1) is 5.41 Å². The number of nitrogens with zero attached hydrogens (tertiary/aromatic N) is 4. The van der Waals surface area contributed by atoms with Gasteiger partial charge in [-0.1, -0.05) is 64.1 Å². The summed E-state index contributed by atoms with van der Waals surface area (Å²) >= 11 is 0. The van der Waals surface area contributed by atoms with Crippen molar-refractivity contribution in [1.82, 2.24) is 10.2 Å². The molecule has 1 heterocycles. The van der Waals surface area contributed by atoms with Gasteiger partial charge < -0.3 is 9.47 Å². The molecule has 0 radical (unpaired) electrons. The smallest absolute Gasteiger partial charge is 0.0884 e. The van der Waals surface area contributed by atoms with Crippen LogP contribution in [0.2, 0.25) is 0 Å². The Morgan fingerprint density at radius 2 is 1.90 bits per heavy atom. The number of hydrogen-bond donors (Lipinski definition) is 2. The van der Waals surface area contributed by atoms with E-state index in [0.29, 0.717) is 19.7 Å². The summed E-state index contributed by atoms with van der Waals surface area (Å²) in [5.41, 5.74) is 5.04. The number of nitrogens with two attached hydrogens (primary N) is 1. The summed E-state index contributed by atoms with van der Waals surface area (Å²) in [7, 11) is 1.70. The molecule has 8 nitrogen and oxygen atoms in total. The molecular weight excluding hydrogens is 524 g/mol. The van der Waals surface area contributed by atoms with Crippen molar-refractivity contribution in [2.24, 2.45) is 21.2 Å². The van der Waals surface area contributed by atoms with Crippen LogP contribution < -0.4 is 16.2 Å². The molecule has 2 aromatic rings. The summed E-state index contributed by atoms with van der Waals surface area (Å²) in [5, 5.41) is 7.32. The third-order valence-electron chi connectivity index (χ3n) is 7.32. The van der Waals surface area contributed by atoms with Gasteiger partial charge in [-0.05, 0) is 53.3 Å². The Morgan fingerprint density at radius 3 is 2.57 bits per heavy atom. The van der Waals surface area contributed by atoms with E-state index in [1.54, 1.807) is 12.1 Å². The highest BCUT2D eigenvalue weighted by molar-refractivity contribution is 5.97. The van der Waals surface area contributed by atoms with Gasteiger partial charge in [0.25, 0.3) is 0 Å². The number of allylic oxidation sites excluding steroid dienone is 5. The molecule has 8 heteroatoms. The van der Waals surface area contributed by atoms with E-state index < -0.39 is 0 Å². The largest absolute Gasteiger partial charge is 0.379 e. The Morgan fingerprint density at radius 1 is 1.17 bits per heavy atom. The van der Waals surface area contributed by atoms with Crippen LogP contribution >= 0.6 is 0 Å². The van der Waals surface area contributed by atoms with Gasteiger partial charge in [-0.3, -0.25) is 25.2 Å². The fourth-order valence-electron chi connectivity index (χ4n) is 4.93. The second kappa shape index (κ2) is 17.1. The third-order valence-corrected chi connectivity index (χ3v) is 7.32. The van der Waals surface area contributed by atoms with Crippen LogP contribution in [0.15, 0.2) is 81.6 Å². The van der Waals surface area contributed by atoms with E-state index in [0.717, 1.165) is 79.2 Å². The monoisotopic (exact) mass is 574 g/mol. The zero-order chi connectivity index (χ0) is 30.4. The molecule has 0 amide bonds. The van der Waals surface area contributed by atoms with Crippen LogP contribution in [0.4, 0.5) is 5.69 Å². The highest BCUT2D eigenvalue weighted by Crippen LogP contribution is 2.33. The predicted molar refractivity (Wildman–Crippen MR) is 178 cm³/mol. The molecule has 3 N–H and O–H groups in total. The Hall–Kier alpha value is -3.14. The van der Waals surface area contributed by atoms with E-state index in [4.69, 9.17) is 15.3 Å². The lowest BCUT2D eigenvalue weighted by atomic mass is 9.85. The van der Waals surface area contributed by atoms with Gasteiger partial charge in [-0.2, -0.15) is 0 Å². The van der Waals surface area contributed by atoms with Crippen molar-refractivity contribution in [1.29, 1.82) is 0 Å². The van der Waals surface area contributed by atoms with Gasteiger partial charge in [0.05, 0.1) is 37.9 Å². The number of nitrogens with one attached hydrogen (secondary N) is 1. The molecule has 0 unspecified atom stereocenters. The standard InChI is InChI=1S/C34H50N6O2/c1-7-10-28(34(2,3)4)24-30(25-41-6)40(35)33-14-13-27(31-11-8-9-12-32(31)33)23-29(36-5)15-16-37-26-38-17-18-39-19-21-42-22-20-39/h8-16,24,38H,5,7,17-23,25-26,35H2,1-4,6H3/b28-10+,29-15-,30-24+,37-16-. The summed E-state index contributed by atoms with van der Waals surface area (Å²) < 4.78 is 11.0. The van der Waals surface area contributed by atoms with Crippen molar-refractivity contribution >= 4 is 29.4 Å². The minimum absolute atomic E-state index is 0.00946. The van der Waals surface area contributed by atoms with Gasteiger partial charge in [0, 0.05) is 57.0 Å². The van der Waals surface area contributed by atoms with Crippen molar-refractivity contribution in [3.63, 3.8) is 0 Å². The molecule has 1 fully saturated rings. The maximum Gasteiger partial charge on any atom is 0.0884 e. The number of fused-ring (bicyclic) bond motifs is 1. The Labute approximate surface area is 252 Å². The number of hydrazine groups is 1. The van der Waals surface area contributed by atoms with Crippen molar-refractivity contribution in [3.05, 3.63) is 77.2 Å². The Bertz CT molecular complexity index is 1270. The molecule has 3 rings (SSSR count). The maximum absolute atomic E-state index is 6.80. The third kappa shape index (κ3) is 10.00. The highest BCUT2D eigenvalue weighted by Gasteiger charge is 2.19. The van der Waals surface area contributed by atoms with Crippen LogP contribution in [0.1, 0.15) is 39.7 Å². The first-order valence-electron chi connectivity index (χ1n) is 14.9. The minimum atomic E-state index is -0.00946.